The quantitative estimate of drug-likeness (QED) is 0.332. The Labute approximate surface area is 122 Å². The predicted octanol–water partition coefficient (Wildman–Crippen LogP) is 3.17. The zero-order valence-electron chi connectivity index (χ0n) is 13.2. The summed E-state index contributed by atoms with van der Waals surface area (Å²) in [6.45, 7) is 2.77. The third-order valence-electron chi connectivity index (χ3n) is 2.93. The van der Waals surface area contributed by atoms with Gasteiger partial charge in [-0.25, -0.2) is 0 Å². The van der Waals surface area contributed by atoms with Crippen LogP contribution in [0.5, 0.6) is 0 Å². The molecule has 0 fully saturated rings. The van der Waals surface area contributed by atoms with E-state index in [1.54, 1.807) is 7.11 Å². The summed E-state index contributed by atoms with van der Waals surface area (Å²) in [6.07, 6.45) is 6.50. The highest BCUT2D eigenvalue weighted by Gasteiger charge is 2.08. The number of nitrogens with zero attached hydrogens (tertiary/aromatic N) is 1. The van der Waals surface area contributed by atoms with Crippen molar-refractivity contribution in [1.82, 2.24) is 4.90 Å². The average molecular weight is 285 g/mol. The molecule has 0 bridgehead atoms. The molecule has 0 aromatic heterocycles. The Balaban J connectivity index is 4.94. The van der Waals surface area contributed by atoms with Crippen LogP contribution in [0, 0.1) is 0 Å². The van der Waals surface area contributed by atoms with Crippen molar-refractivity contribution in [3.63, 3.8) is 0 Å². The van der Waals surface area contributed by atoms with Crippen LogP contribution in [-0.2, 0) is 9.53 Å². The maximum absolute atomic E-state index is 12.2. The van der Waals surface area contributed by atoms with E-state index >= 15 is 0 Å². The molecule has 0 aromatic rings. The van der Waals surface area contributed by atoms with E-state index in [4.69, 9.17) is 4.74 Å². The van der Waals surface area contributed by atoms with Crippen molar-refractivity contribution >= 4 is 5.78 Å². The first kappa shape index (κ1) is 19.0. The summed E-state index contributed by atoms with van der Waals surface area (Å²) >= 11 is 0. The first-order valence-corrected chi connectivity index (χ1v) is 7.17. The molecule has 0 aliphatic rings. The largest absolute Gasteiger partial charge is 0.380 e. The molecule has 3 nitrogen and oxygen atoms in total. The molecule has 4 heteroatoms. The number of hydrogen-bond donors (Lipinski definition) is 0. The lowest BCUT2D eigenvalue weighted by Gasteiger charge is -2.12. The first-order valence-electron chi connectivity index (χ1n) is 7.17. The van der Waals surface area contributed by atoms with Crippen LogP contribution in [0.15, 0.2) is 23.3 Å². The molecule has 0 rings (SSSR count). The number of alkyl halides is 1. The first-order chi connectivity index (χ1) is 9.54. The summed E-state index contributed by atoms with van der Waals surface area (Å²) in [5.41, 5.74) is 1.78. The molecule has 0 saturated heterocycles. The van der Waals surface area contributed by atoms with Crippen molar-refractivity contribution in [3.05, 3.63) is 23.3 Å². The molecular weight excluding hydrogens is 257 g/mol. The fraction of sp³-hybridized carbons (Fsp3) is 0.688. The fourth-order valence-electron chi connectivity index (χ4n) is 1.76. The summed E-state index contributed by atoms with van der Waals surface area (Å²) in [7, 11) is 5.61. The van der Waals surface area contributed by atoms with Gasteiger partial charge in [0, 0.05) is 25.6 Å². The van der Waals surface area contributed by atoms with Crippen LogP contribution in [0.3, 0.4) is 0 Å². The molecule has 116 valence electrons. The van der Waals surface area contributed by atoms with Crippen LogP contribution in [0.25, 0.3) is 0 Å². The Hall–Kier alpha value is -1.00. The van der Waals surface area contributed by atoms with E-state index in [9.17, 15) is 9.18 Å². The Bertz CT molecular complexity index is 335. The number of carbonyl (C=O) groups excluding carboxylic acids is 1. The minimum Gasteiger partial charge on any atom is -0.380 e. The van der Waals surface area contributed by atoms with Crippen LogP contribution in [-0.4, -0.2) is 51.7 Å². The summed E-state index contributed by atoms with van der Waals surface area (Å²) in [5, 5.41) is 0. The predicted molar refractivity (Wildman–Crippen MR) is 81.7 cm³/mol. The van der Waals surface area contributed by atoms with E-state index in [-0.39, 0.29) is 12.5 Å². The zero-order valence-corrected chi connectivity index (χ0v) is 13.2. The molecule has 0 heterocycles. The van der Waals surface area contributed by atoms with Gasteiger partial charge in [-0.05, 0) is 33.4 Å². The summed E-state index contributed by atoms with van der Waals surface area (Å²) in [6, 6.07) is 0. The molecule has 20 heavy (non-hydrogen) atoms. The fourth-order valence-corrected chi connectivity index (χ4v) is 1.76. The van der Waals surface area contributed by atoms with Gasteiger partial charge in [0.1, 0.15) is 0 Å². The number of unbranched alkanes of at least 4 members (excludes halogenated alkanes) is 1. The van der Waals surface area contributed by atoms with Gasteiger partial charge in [0.05, 0.1) is 13.3 Å². The number of ketones is 1. The SMILES string of the molecule is CCC(=O)/C(=C/C(=C\CCCF)CCN(C)C)COC. The number of carbonyl (C=O) groups is 1. The summed E-state index contributed by atoms with van der Waals surface area (Å²) in [4.78, 5) is 14.0. The van der Waals surface area contributed by atoms with Crippen molar-refractivity contribution in [3.8, 4) is 0 Å². The van der Waals surface area contributed by atoms with E-state index in [0.717, 1.165) is 18.5 Å². The van der Waals surface area contributed by atoms with Crippen molar-refractivity contribution in [1.29, 1.82) is 0 Å². The van der Waals surface area contributed by atoms with E-state index < -0.39 is 0 Å². The minimum absolute atomic E-state index is 0.105. The number of rotatable bonds is 11. The van der Waals surface area contributed by atoms with Crippen LogP contribution >= 0.6 is 0 Å². The van der Waals surface area contributed by atoms with Gasteiger partial charge >= 0.3 is 0 Å². The lowest BCUT2D eigenvalue weighted by Crippen LogP contribution is -2.14. The highest BCUT2D eigenvalue weighted by Crippen LogP contribution is 2.12. The highest BCUT2D eigenvalue weighted by molar-refractivity contribution is 5.95. The third kappa shape index (κ3) is 8.99. The van der Waals surface area contributed by atoms with Gasteiger partial charge in [0.25, 0.3) is 0 Å². The lowest BCUT2D eigenvalue weighted by atomic mass is 10.0. The van der Waals surface area contributed by atoms with Gasteiger partial charge in [-0.2, -0.15) is 0 Å². The monoisotopic (exact) mass is 285 g/mol. The Morgan fingerprint density at radius 2 is 2.05 bits per heavy atom. The van der Waals surface area contributed by atoms with E-state index in [1.807, 2.05) is 33.2 Å². The highest BCUT2D eigenvalue weighted by atomic mass is 19.1. The Morgan fingerprint density at radius 1 is 1.35 bits per heavy atom. The van der Waals surface area contributed by atoms with Crippen molar-refractivity contribution < 1.29 is 13.9 Å². The van der Waals surface area contributed by atoms with Crippen molar-refractivity contribution in [2.24, 2.45) is 0 Å². The molecule has 0 amide bonds. The van der Waals surface area contributed by atoms with Crippen LogP contribution in [0.2, 0.25) is 0 Å². The molecule has 0 aliphatic carbocycles. The van der Waals surface area contributed by atoms with E-state index in [0.29, 0.717) is 31.4 Å². The average Bonchev–Trinajstić information content (AvgIpc) is 2.43. The number of ether oxygens (including phenoxy) is 1. The maximum Gasteiger partial charge on any atom is 0.160 e. The maximum atomic E-state index is 12.2. The van der Waals surface area contributed by atoms with Crippen molar-refractivity contribution in [2.75, 3.05) is 41.0 Å². The van der Waals surface area contributed by atoms with Crippen LogP contribution in [0.4, 0.5) is 4.39 Å². The molecule has 0 spiro atoms. The molecule has 0 N–H and O–H groups in total. The third-order valence-corrected chi connectivity index (χ3v) is 2.93. The van der Waals surface area contributed by atoms with Gasteiger partial charge in [0.2, 0.25) is 0 Å². The summed E-state index contributed by atoms with van der Waals surface area (Å²) in [5.74, 6) is 0.105. The second kappa shape index (κ2) is 11.8. The molecule has 0 atom stereocenters. The Morgan fingerprint density at radius 3 is 2.55 bits per heavy atom. The molecular formula is C16H28FNO2. The molecule has 0 radical (unpaired) electrons. The number of halogens is 1. The molecule has 0 aromatic carbocycles. The minimum atomic E-state index is -0.306. The van der Waals surface area contributed by atoms with E-state index in [2.05, 4.69) is 4.90 Å². The molecule has 0 saturated carbocycles. The van der Waals surface area contributed by atoms with Gasteiger partial charge in [-0.3, -0.25) is 9.18 Å². The standard InChI is InChI=1S/C16H28FNO2/c1-5-16(19)15(13-20-4)12-14(8-6-7-10-17)9-11-18(2)3/h8,12H,5-7,9-11,13H2,1-4H3/b14-8-,15-12+. The molecule has 0 unspecified atom stereocenters. The molecule has 0 aliphatic heterocycles. The van der Waals surface area contributed by atoms with Gasteiger partial charge in [0.15, 0.2) is 5.78 Å². The lowest BCUT2D eigenvalue weighted by molar-refractivity contribution is -0.115. The Kier molecular flexibility index (Phi) is 11.2. The number of Topliss-reactive ketones (excluding diaryl/α,β-unsaturated/α-hetero) is 1. The topological polar surface area (TPSA) is 29.5 Å². The van der Waals surface area contributed by atoms with Crippen LogP contribution in [0.1, 0.15) is 32.6 Å². The van der Waals surface area contributed by atoms with E-state index in [1.165, 1.54) is 0 Å². The summed E-state index contributed by atoms with van der Waals surface area (Å²) < 4.78 is 17.3. The van der Waals surface area contributed by atoms with Crippen LogP contribution < -0.4 is 0 Å². The smallest absolute Gasteiger partial charge is 0.160 e. The second-order valence-corrected chi connectivity index (χ2v) is 5.04. The normalized spacial score (nSPS) is 13.1. The van der Waals surface area contributed by atoms with Gasteiger partial charge in [-0.15, -0.1) is 0 Å². The zero-order chi connectivity index (χ0) is 15.4. The number of allylic oxidation sites excluding steroid dienone is 2. The van der Waals surface area contributed by atoms with Crippen molar-refractivity contribution in [2.45, 2.75) is 32.6 Å². The van der Waals surface area contributed by atoms with Gasteiger partial charge in [-0.1, -0.05) is 24.6 Å². The van der Waals surface area contributed by atoms with Gasteiger partial charge < -0.3 is 9.64 Å². The second-order valence-electron chi connectivity index (χ2n) is 5.04. The number of hydrogen-bond acceptors (Lipinski definition) is 3. The number of methoxy groups -OCH3 is 1.